The van der Waals surface area contributed by atoms with E-state index in [-0.39, 0.29) is 12.1 Å². The standard InChI is InChI=1S/C12H12BrN3O/c13-10-4-2-1-3-8(10)5-11-15-9(7-14)6-12(17)16-11/h1-4,6H,5,7,14H2,(H,15,16,17). The van der Waals surface area contributed by atoms with Gasteiger partial charge in [-0.05, 0) is 11.6 Å². The first-order chi connectivity index (χ1) is 8.19. The van der Waals surface area contributed by atoms with E-state index in [1.165, 1.54) is 6.07 Å². The highest BCUT2D eigenvalue weighted by Gasteiger charge is 2.04. The zero-order chi connectivity index (χ0) is 12.3. The van der Waals surface area contributed by atoms with Crippen molar-refractivity contribution >= 4 is 15.9 Å². The number of aromatic nitrogens is 2. The van der Waals surface area contributed by atoms with E-state index in [4.69, 9.17) is 5.73 Å². The summed E-state index contributed by atoms with van der Waals surface area (Å²) in [5, 5.41) is 0. The van der Waals surface area contributed by atoms with Gasteiger partial charge >= 0.3 is 0 Å². The maximum absolute atomic E-state index is 11.4. The minimum atomic E-state index is -0.164. The van der Waals surface area contributed by atoms with E-state index in [2.05, 4.69) is 25.9 Å². The predicted molar refractivity (Wildman–Crippen MR) is 69.7 cm³/mol. The number of hydrogen-bond donors (Lipinski definition) is 2. The highest BCUT2D eigenvalue weighted by molar-refractivity contribution is 9.10. The summed E-state index contributed by atoms with van der Waals surface area (Å²) in [7, 11) is 0. The molecule has 0 fully saturated rings. The number of nitrogens with zero attached hydrogens (tertiary/aromatic N) is 1. The molecule has 2 aromatic rings. The van der Waals surface area contributed by atoms with Crippen LogP contribution in [0.25, 0.3) is 0 Å². The number of H-pyrrole nitrogens is 1. The van der Waals surface area contributed by atoms with Crippen molar-refractivity contribution in [1.82, 2.24) is 9.97 Å². The highest BCUT2D eigenvalue weighted by Crippen LogP contribution is 2.17. The first kappa shape index (κ1) is 12.0. The molecule has 1 aromatic carbocycles. The van der Waals surface area contributed by atoms with Crippen LogP contribution in [0, 0.1) is 0 Å². The summed E-state index contributed by atoms with van der Waals surface area (Å²) >= 11 is 3.46. The Kier molecular flexibility index (Phi) is 3.71. The summed E-state index contributed by atoms with van der Waals surface area (Å²) in [6.07, 6.45) is 0.574. The van der Waals surface area contributed by atoms with Gasteiger partial charge in [0.25, 0.3) is 5.56 Å². The largest absolute Gasteiger partial charge is 0.325 e. The molecule has 0 atom stereocenters. The van der Waals surface area contributed by atoms with Crippen LogP contribution in [0.15, 0.2) is 39.6 Å². The third kappa shape index (κ3) is 3.01. The minimum absolute atomic E-state index is 0.164. The monoisotopic (exact) mass is 293 g/mol. The minimum Gasteiger partial charge on any atom is -0.325 e. The number of hydrogen-bond acceptors (Lipinski definition) is 3. The first-order valence-corrected chi connectivity index (χ1v) is 6.01. The summed E-state index contributed by atoms with van der Waals surface area (Å²) in [6, 6.07) is 9.26. The van der Waals surface area contributed by atoms with Gasteiger partial charge in [0.1, 0.15) is 5.82 Å². The zero-order valence-electron chi connectivity index (χ0n) is 9.11. The fraction of sp³-hybridized carbons (Fsp3) is 0.167. The average Bonchev–Trinajstić information content (AvgIpc) is 2.31. The topological polar surface area (TPSA) is 71.8 Å². The molecule has 0 spiro atoms. The van der Waals surface area contributed by atoms with Crippen LogP contribution < -0.4 is 11.3 Å². The number of halogens is 1. The van der Waals surface area contributed by atoms with Crippen LogP contribution in [0.5, 0.6) is 0 Å². The molecule has 88 valence electrons. The molecule has 0 unspecified atom stereocenters. The molecule has 4 nitrogen and oxygen atoms in total. The van der Waals surface area contributed by atoms with Gasteiger partial charge in [0.2, 0.25) is 0 Å². The Bertz CT molecular complexity index is 580. The molecule has 0 radical (unpaired) electrons. The molecule has 0 aliphatic heterocycles. The van der Waals surface area contributed by atoms with Gasteiger partial charge in [0, 0.05) is 23.5 Å². The maximum Gasteiger partial charge on any atom is 0.251 e. The van der Waals surface area contributed by atoms with Gasteiger partial charge in [0.15, 0.2) is 0 Å². The van der Waals surface area contributed by atoms with Crippen molar-refractivity contribution in [3.63, 3.8) is 0 Å². The second-order valence-corrected chi connectivity index (χ2v) is 4.51. The van der Waals surface area contributed by atoms with Gasteiger partial charge in [-0.25, -0.2) is 4.98 Å². The molecule has 0 saturated carbocycles. The first-order valence-electron chi connectivity index (χ1n) is 5.21. The quantitative estimate of drug-likeness (QED) is 0.903. The van der Waals surface area contributed by atoms with Gasteiger partial charge in [-0.2, -0.15) is 0 Å². The molecular weight excluding hydrogens is 282 g/mol. The van der Waals surface area contributed by atoms with Crippen LogP contribution >= 0.6 is 15.9 Å². The van der Waals surface area contributed by atoms with Crippen molar-refractivity contribution in [3.05, 3.63) is 62.2 Å². The van der Waals surface area contributed by atoms with E-state index >= 15 is 0 Å². The van der Waals surface area contributed by atoms with Gasteiger partial charge < -0.3 is 10.7 Å². The van der Waals surface area contributed by atoms with Crippen LogP contribution in [-0.4, -0.2) is 9.97 Å². The normalized spacial score (nSPS) is 10.5. The van der Waals surface area contributed by atoms with Crippen molar-refractivity contribution in [2.75, 3.05) is 0 Å². The smallest absolute Gasteiger partial charge is 0.251 e. The molecule has 0 saturated heterocycles. The second kappa shape index (κ2) is 5.25. The lowest BCUT2D eigenvalue weighted by atomic mass is 10.1. The third-order valence-electron chi connectivity index (χ3n) is 2.37. The third-order valence-corrected chi connectivity index (χ3v) is 3.14. The molecule has 3 N–H and O–H groups in total. The van der Waals surface area contributed by atoms with Crippen LogP contribution in [-0.2, 0) is 13.0 Å². The fourth-order valence-electron chi connectivity index (χ4n) is 1.57. The summed E-state index contributed by atoms with van der Waals surface area (Å²) < 4.78 is 1.00. The Morgan fingerprint density at radius 1 is 1.35 bits per heavy atom. The van der Waals surface area contributed by atoms with Crippen LogP contribution in [0.1, 0.15) is 17.1 Å². The fourth-order valence-corrected chi connectivity index (χ4v) is 2.00. The van der Waals surface area contributed by atoms with E-state index in [1.54, 1.807) is 0 Å². The SMILES string of the molecule is NCc1cc(=O)[nH]c(Cc2ccccc2Br)n1. The van der Waals surface area contributed by atoms with Gasteiger partial charge in [-0.3, -0.25) is 4.79 Å². The van der Waals surface area contributed by atoms with E-state index in [0.29, 0.717) is 17.9 Å². The van der Waals surface area contributed by atoms with Gasteiger partial charge in [0.05, 0.1) is 5.69 Å². The van der Waals surface area contributed by atoms with Gasteiger partial charge in [-0.1, -0.05) is 34.1 Å². The van der Waals surface area contributed by atoms with Crippen molar-refractivity contribution in [3.8, 4) is 0 Å². The van der Waals surface area contributed by atoms with Crippen LogP contribution in [0.3, 0.4) is 0 Å². The van der Waals surface area contributed by atoms with Crippen molar-refractivity contribution in [2.45, 2.75) is 13.0 Å². The molecule has 0 amide bonds. The Morgan fingerprint density at radius 3 is 2.82 bits per heavy atom. The molecule has 2 rings (SSSR count). The molecule has 17 heavy (non-hydrogen) atoms. The van der Waals surface area contributed by atoms with Crippen LogP contribution in [0.4, 0.5) is 0 Å². The second-order valence-electron chi connectivity index (χ2n) is 3.66. The average molecular weight is 294 g/mol. The summed E-state index contributed by atoms with van der Waals surface area (Å²) in [5.74, 6) is 0.629. The lowest BCUT2D eigenvalue weighted by molar-refractivity contribution is 0.874. The van der Waals surface area contributed by atoms with Crippen molar-refractivity contribution in [1.29, 1.82) is 0 Å². The number of aromatic amines is 1. The van der Waals surface area contributed by atoms with E-state index in [1.807, 2.05) is 24.3 Å². The number of nitrogens with one attached hydrogen (secondary N) is 1. The highest BCUT2D eigenvalue weighted by atomic mass is 79.9. The van der Waals surface area contributed by atoms with Gasteiger partial charge in [-0.15, -0.1) is 0 Å². The lowest BCUT2D eigenvalue weighted by Gasteiger charge is -2.05. The lowest BCUT2D eigenvalue weighted by Crippen LogP contribution is -2.15. The molecule has 5 heteroatoms. The molecule has 1 heterocycles. The maximum atomic E-state index is 11.4. The van der Waals surface area contributed by atoms with E-state index in [9.17, 15) is 4.79 Å². The molecule has 0 aliphatic carbocycles. The number of benzene rings is 1. The summed E-state index contributed by atoms with van der Waals surface area (Å²) in [4.78, 5) is 18.4. The Balaban J connectivity index is 2.33. The Labute approximate surface area is 107 Å². The van der Waals surface area contributed by atoms with E-state index < -0.39 is 0 Å². The molecule has 1 aromatic heterocycles. The van der Waals surface area contributed by atoms with E-state index in [0.717, 1.165) is 10.0 Å². The van der Waals surface area contributed by atoms with Crippen molar-refractivity contribution < 1.29 is 0 Å². The summed E-state index contributed by atoms with van der Waals surface area (Å²) in [6.45, 7) is 0.271. The Morgan fingerprint density at radius 2 is 2.12 bits per heavy atom. The predicted octanol–water partition coefficient (Wildman–Crippen LogP) is 1.58. The van der Waals surface area contributed by atoms with Crippen molar-refractivity contribution in [2.24, 2.45) is 5.73 Å². The number of nitrogens with two attached hydrogens (primary N) is 1. The van der Waals surface area contributed by atoms with Crippen LogP contribution in [0.2, 0.25) is 0 Å². The summed E-state index contributed by atoms with van der Waals surface area (Å²) in [5.41, 5.74) is 7.00. The zero-order valence-corrected chi connectivity index (χ0v) is 10.7. The Hall–Kier alpha value is -1.46. The number of rotatable bonds is 3. The molecule has 0 aliphatic rings. The molecule has 0 bridgehead atoms. The molecular formula is C12H12BrN3O.